The van der Waals surface area contributed by atoms with Gasteiger partial charge in [0.15, 0.2) is 6.73 Å². The van der Waals surface area contributed by atoms with Gasteiger partial charge >= 0.3 is 0 Å². The van der Waals surface area contributed by atoms with E-state index in [0.29, 0.717) is 12.3 Å². The van der Waals surface area contributed by atoms with E-state index in [1.54, 1.807) is 4.68 Å². The molecule has 0 spiro atoms. The van der Waals surface area contributed by atoms with Gasteiger partial charge < -0.3 is 10.1 Å². The second-order valence-corrected chi connectivity index (χ2v) is 6.10. The highest BCUT2D eigenvalue weighted by Gasteiger charge is 2.09. The normalized spacial score (nSPS) is 10.5. The maximum Gasteiger partial charge on any atom is 0.222 e. The van der Waals surface area contributed by atoms with E-state index < -0.39 is 0 Å². The van der Waals surface area contributed by atoms with Crippen molar-refractivity contribution in [3.05, 3.63) is 78.0 Å². The van der Waals surface area contributed by atoms with E-state index in [1.807, 2.05) is 61.5 Å². The predicted molar refractivity (Wildman–Crippen MR) is 101 cm³/mol. The van der Waals surface area contributed by atoms with Crippen molar-refractivity contribution in [2.45, 2.75) is 26.2 Å². The van der Waals surface area contributed by atoms with Crippen molar-refractivity contribution in [1.82, 2.24) is 15.1 Å². The van der Waals surface area contributed by atoms with Crippen LogP contribution < -0.4 is 10.1 Å². The molecule has 0 fully saturated rings. The number of benzene rings is 2. The highest BCUT2D eigenvalue weighted by molar-refractivity contribution is 5.75. The zero-order valence-corrected chi connectivity index (χ0v) is 14.9. The van der Waals surface area contributed by atoms with Crippen molar-refractivity contribution in [1.29, 1.82) is 0 Å². The lowest BCUT2D eigenvalue weighted by atomic mass is 10.1. The average Bonchev–Trinajstić information content (AvgIpc) is 3.04. The van der Waals surface area contributed by atoms with Crippen molar-refractivity contribution >= 4 is 5.91 Å². The number of rotatable bonds is 8. The summed E-state index contributed by atoms with van der Waals surface area (Å²) in [4.78, 5) is 12.0. The Hall–Kier alpha value is -3.08. The average molecular weight is 349 g/mol. The third-order valence-electron chi connectivity index (χ3n) is 4.00. The molecular formula is C21H23N3O2. The number of hydrogen-bond acceptors (Lipinski definition) is 3. The van der Waals surface area contributed by atoms with Gasteiger partial charge in [0.1, 0.15) is 0 Å². The van der Waals surface area contributed by atoms with E-state index in [4.69, 9.17) is 4.74 Å². The molecule has 0 saturated heterocycles. The second kappa shape index (κ2) is 8.85. The molecular weight excluding hydrogens is 326 g/mol. The number of hydrogen-bond donors (Lipinski definition) is 1. The van der Waals surface area contributed by atoms with Gasteiger partial charge in [0.25, 0.3) is 0 Å². The number of ether oxygens (including phenoxy) is 1. The van der Waals surface area contributed by atoms with Crippen LogP contribution in [0.3, 0.4) is 0 Å². The van der Waals surface area contributed by atoms with Crippen molar-refractivity contribution < 1.29 is 9.53 Å². The fraction of sp³-hybridized carbons (Fsp3) is 0.238. The fourth-order valence-electron chi connectivity index (χ4n) is 2.71. The van der Waals surface area contributed by atoms with Gasteiger partial charge in [-0.05, 0) is 37.5 Å². The summed E-state index contributed by atoms with van der Waals surface area (Å²) in [6.07, 6.45) is 2.20. The number of carbonyl (C=O) groups is 1. The van der Waals surface area contributed by atoms with Crippen LogP contribution in [0.1, 0.15) is 24.1 Å². The Kier molecular flexibility index (Phi) is 6.04. The molecule has 5 nitrogen and oxygen atoms in total. The quantitative estimate of drug-likeness (QED) is 0.632. The number of amides is 1. The SMILES string of the molecule is Cc1cc(OCNC(=O)CCCc2ccccc2)n(-c2ccccc2)n1. The maximum absolute atomic E-state index is 12.0. The number of aryl methyl sites for hydroxylation is 2. The predicted octanol–water partition coefficient (Wildman–Crippen LogP) is 3.66. The summed E-state index contributed by atoms with van der Waals surface area (Å²) in [6.45, 7) is 2.04. The zero-order chi connectivity index (χ0) is 18.2. The smallest absolute Gasteiger partial charge is 0.222 e. The first kappa shape index (κ1) is 17.7. The molecule has 0 aliphatic heterocycles. The molecule has 26 heavy (non-hydrogen) atoms. The summed E-state index contributed by atoms with van der Waals surface area (Å²) in [5, 5.41) is 7.24. The van der Waals surface area contributed by atoms with E-state index in [9.17, 15) is 4.79 Å². The van der Waals surface area contributed by atoms with Gasteiger partial charge in [-0.15, -0.1) is 0 Å². The molecule has 5 heteroatoms. The minimum Gasteiger partial charge on any atom is -0.456 e. The first-order valence-corrected chi connectivity index (χ1v) is 8.78. The summed E-state index contributed by atoms with van der Waals surface area (Å²) < 4.78 is 7.45. The van der Waals surface area contributed by atoms with Gasteiger partial charge in [-0.25, -0.2) is 4.68 Å². The number of nitrogens with zero attached hydrogens (tertiary/aromatic N) is 2. The van der Waals surface area contributed by atoms with Crippen LogP contribution in [0.15, 0.2) is 66.7 Å². The highest BCUT2D eigenvalue weighted by Crippen LogP contribution is 2.18. The van der Waals surface area contributed by atoms with Crippen LogP contribution in [0, 0.1) is 6.92 Å². The lowest BCUT2D eigenvalue weighted by molar-refractivity contribution is -0.122. The molecule has 134 valence electrons. The van der Waals surface area contributed by atoms with Crippen molar-refractivity contribution in [3.63, 3.8) is 0 Å². The molecule has 1 heterocycles. The second-order valence-electron chi connectivity index (χ2n) is 6.10. The van der Waals surface area contributed by atoms with Crippen molar-refractivity contribution in [2.75, 3.05) is 6.73 Å². The van der Waals surface area contributed by atoms with Gasteiger partial charge in [-0.1, -0.05) is 48.5 Å². The molecule has 3 rings (SSSR count). The molecule has 2 aromatic carbocycles. The standard InChI is InChI=1S/C21H23N3O2/c1-17-15-21(24(23-17)19-12-6-3-7-13-19)26-16-22-20(25)14-8-11-18-9-4-2-5-10-18/h2-7,9-10,12-13,15H,8,11,14,16H2,1H3,(H,22,25). The Labute approximate surface area is 153 Å². The summed E-state index contributed by atoms with van der Waals surface area (Å²) >= 11 is 0. The van der Waals surface area contributed by atoms with Gasteiger partial charge in [-0.3, -0.25) is 4.79 Å². The van der Waals surface area contributed by atoms with Gasteiger partial charge in [0.2, 0.25) is 11.8 Å². The molecule has 0 aliphatic rings. The molecule has 1 aromatic heterocycles. The molecule has 0 atom stereocenters. The van der Waals surface area contributed by atoms with E-state index in [0.717, 1.165) is 24.2 Å². The van der Waals surface area contributed by atoms with Gasteiger partial charge in [-0.2, -0.15) is 5.10 Å². The number of para-hydroxylation sites is 1. The number of nitrogens with one attached hydrogen (secondary N) is 1. The Bertz CT molecular complexity index is 829. The number of aromatic nitrogens is 2. The van der Waals surface area contributed by atoms with Crippen LogP contribution in [0.2, 0.25) is 0 Å². The molecule has 1 amide bonds. The Morgan fingerprint density at radius 1 is 1.08 bits per heavy atom. The summed E-state index contributed by atoms with van der Waals surface area (Å²) in [6, 6.07) is 21.8. The lowest BCUT2D eigenvalue weighted by Gasteiger charge is -2.10. The minimum absolute atomic E-state index is 0.0107. The van der Waals surface area contributed by atoms with Gasteiger partial charge in [0, 0.05) is 12.5 Å². The molecule has 0 bridgehead atoms. The van der Waals surface area contributed by atoms with Crippen LogP contribution in [0.4, 0.5) is 0 Å². The molecule has 3 aromatic rings. The first-order valence-electron chi connectivity index (χ1n) is 8.78. The first-order chi connectivity index (χ1) is 12.7. The molecule has 0 aliphatic carbocycles. The topological polar surface area (TPSA) is 56.1 Å². The van der Waals surface area contributed by atoms with E-state index >= 15 is 0 Å². The Morgan fingerprint density at radius 2 is 1.77 bits per heavy atom. The molecule has 0 radical (unpaired) electrons. The minimum atomic E-state index is -0.0107. The van der Waals surface area contributed by atoms with E-state index in [2.05, 4.69) is 22.5 Å². The van der Waals surface area contributed by atoms with E-state index in [1.165, 1.54) is 5.56 Å². The Morgan fingerprint density at radius 3 is 2.50 bits per heavy atom. The van der Waals surface area contributed by atoms with Crippen molar-refractivity contribution in [2.24, 2.45) is 0 Å². The van der Waals surface area contributed by atoms with Crippen LogP contribution in [-0.2, 0) is 11.2 Å². The van der Waals surface area contributed by atoms with Crippen LogP contribution >= 0.6 is 0 Å². The monoisotopic (exact) mass is 349 g/mol. The van der Waals surface area contributed by atoms with Crippen LogP contribution in [-0.4, -0.2) is 22.4 Å². The summed E-state index contributed by atoms with van der Waals surface area (Å²) in [5.41, 5.74) is 3.03. The highest BCUT2D eigenvalue weighted by atomic mass is 16.5. The lowest BCUT2D eigenvalue weighted by Crippen LogP contribution is -2.28. The zero-order valence-electron chi connectivity index (χ0n) is 14.9. The van der Waals surface area contributed by atoms with Crippen LogP contribution in [0.25, 0.3) is 5.69 Å². The molecule has 0 unspecified atom stereocenters. The number of carbonyl (C=O) groups excluding carboxylic acids is 1. The molecule has 0 saturated carbocycles. The maximum atomic E-state index is 12.0. The third-order valence-corrected chi connectivity index (χ3v) is 4.00. The third kappa shape index (κ3) is 4.96. The van der Waals surface area contributed by atoms with E-state index in [-0.39, 0.29) is 12.6 Å². The van der Waals surface area contributed by atoms with Crippen molar-refractivity contribution in [3.8, 4) is 11.6 Å². The summed E-state index contributed by atoms with van der Waals surface area (Å²) in [7, 11) is 0. The largest absolute Gasteiger partial charge is 0.456 e. The Balaban J connectivity index is 1.45. The van der Waals surface area contributed by atoms with Gasteiger partial charge in [0.05, 0.1) is 11.4 Å². The van der Waals surface area contributed by atoms with Crippen LogP contribution in [0.5, 0.6) is 5.88 Å². The fourth-order valence-corrected chi connectivity index (χ4v) is 2.71. The summed E-state index contributed by atoms with van der Waals surface area (Å²) in [5.74, 6) is 0.599. The molecule has 1 N–H and O–H groups in total.